The minimum Gasteiger partial charge on any atom is -0.437 e. The summed E-state index contributed by atoms with van der Waals surface area (Å²) >= 11 is 0. The molecule has 0 spiro atoms. The minimum atomic E-state index is -4.63. The number of hydrogen-bond donors (Lipinski definition) is 2. The van der Waals surface area contributed by atoms with Gasteiger partial charge in [0.2, 0.25) is 13.6 Å². The summed E-state index contributed by atoms with van der Waals surface area (Å²) in [5, 5.41) is 10.2. The van der Waals surface area contributed by atoms with E-state index in [2.05, 4.69) is 0 Å². The molecule has 1 aromatic rings. The van der Waals surface area contributed by atoms with E-state index in [0.29, 0.717) is 0 Å². The van der Waals surface area contributed by atoms with Gasteiger partial charge in [-0.25, -0.2) is 22.8 Å². The van der Waals surface area contributed by atoms with Gasteiger partial charge < -0.3 is 19.3 Å². The lowest BCUT2D eigenvalue weighted by molar-refractivity contribution is -0.163. The van der Waals surface area contributed by atoms with E-state index in [9.17, 15) is 33.2 Å². The first-order valence-corrected chi connectivity index (χ1v) is 12.6. The Morgan fingerprint density at radius 2 is 1.57 bits per heavy atom. The maximum Gasteiger partial charge on any atom is 0.480 e. The number of hydrogen-bond acceptors (Lipinski definition) is 12. The van der Waals surface area contributed by atoms with Crippen molar-refractivity contribution >= 4 is 19.8 Å². The molecule has 0 bridgehead atoms. The molecule has 0 radical (unpaired) electrons. The second kappa shape index (κ2) is 12.0. The molecule has 0 amide bonds. The lowest BCUT2D eigenvalue weighted by Crippen LogP contribution is -2.35. The van der Waals surface area contributed by atoms with Crippen molar-refractivity contribution < 1.29 is 51.4 Å². The van der Waals surface area contributed by atoms with E-state index in [1.807, 2.05) is 4.98 Å². The van der Waals surface area contributed by atoms with Crippen LogP contribution in [0.3, 0.4) is 0 Å². The van der Waals surface area contributed by atoms with Crippen molar-refractivity contribution in [2.24, 2.45) is 10.8 Å². The van der Waals surface area contributed by atoms with Crippen molar-refractivity contribution in [1.82, 2.24) is 9.55 Å². The zero-order valence-electron chi connectivity index (χ0n) is 21.3. The van der Waals surface area contributed by atoms with Crippen molar-refractivity contribution in [1.29, 1.82) is 0 Å². The summed E-state index contributed by atoms with van der Waals surface area (Å²) in [4.78, 5) is 49.0. The molecule has 0 aromatic carbocycles. The first-order valence-electron chi connectivity index (χ1n) is 11.1. The maximum absolute atomic E-state index is 14.7. The molecule has 1 aromatic heterocycles. The highest BCUT2D eigenvalue weighted by atomic mass is 31.2. The lowest BCUT2D eigenvalue weighted by Gasteiger charge is -2.23. The molecular weight excluding hydrogens is 522 g/mol. The van der Waals surface area contributed by atoms with Crippen LogP contribution >= 0.6 is 7.82 Å². The van der Waals surface area contributed by atoms with E-state index < -0.39 is 86.6 Å². The van der Waals surface area contributed by atoms with Crippen LogP contribution in [-0.2, 0) is 41.9 Å². The van der Waals surface area contributed by atoms with Crippen LogP contribution in [0.1, 0.15) is 47.8 Å². The number of ether oxygens (including phenoxy) is 3. The predicted octanol–water partition coefficient (Wildman–Crippen LogP) is 1.38. The van der Waals surface area contributed by atoms with Crippen LogP contribution < -0.4 is 11.2 Å². The largest absolute Gasteiger partial charge is 0.480 e. The Bertz CT molecular complexity index is 1090. The van der Waals surface area contributed by atoms with Crippen LogP contribution in [0, 0.1) is 10.8 Å². The first-order chi connectivity index (χ1) is 16.9. The van der Waals surface area contributed by atoms with Gasteiger partial charge in [0.1, 0.15) is 12.2 Å². The molecule has 2 heterocycles. The van der Waals surface area contributed by atoms with Crippen molar-refractivity contribution in [2.75, 3.05) is 20.2 Å². The molecule has 1 saturated heterocycles. The fourth-order valence-electron chi connectivity index (χ4n) is 2.69. The van der Waals surface area contributed by atoms with Crippen LogP contribution in [0.4, 0.5) is 4.39 Å². The molecule has 4 unspecified atom stereocenters. The minimum absolute atomic E-state index is 0.692. The number of phosphoric ester groups is 1. The van der Waals surface area contributed by atoms with Gasteiger partial charge in [-0.1, -0.05) is 0 Å². The molecule has 16 heteroatoms. The Balaban J connectivity index is 2.09. The van der Waals surface area contributed by atoms with Crippen molar-refractivity contribution in [2.45, 2.75) is 66.1 Å². The second-order valence-electron chi connectivity index (χ2n) is 10.1. The fourth-order valence-corrected chi connectivity index (χ4v) is 3.61. The third-order valence-corrected chi connectivity index (χ3v) is 6.15. The summed E-state index contributed by atoms with van der Waals surface area (Å²) in [5.41, 5.74) is -3.49. The standard InChI is InChI=1S/C21H32FN2O12P/c1-20(2,3)17(27)31-10-34-37(30,35-11-32-18(28)21(4,5)6)33-9-12-15(26)14(22)16(36-12)24-8-7-13(25)23-19(24)29/h7-8,12,14-16,26H,9-11H2,1-6H3,(H,23,25,29). The van der Waals surface area contributed by atoms with Gasteiger partial charge in [0.25, 0.3) is 5.56 Å². The van der Waals surface area contributed by atoms with Crippen molar-refractivity contribution in [3.05, 3.63) is 33.1 Å². The number of aromatic nitrogens is 2. The number of aliphatic hydroxyl groups excluding tert-OH is 1. The SMILES string of the molecule is CC(C)(C)C(=O)OCOP(=O)(OCOC(=O)C(C)(C)C)OCC1OC(n2ccc(=O)[nH]c2=O)C(F)C1O. The monoisotopic (exact) mass is 554 g/mol. The Morgan fingerprint density at radius 3 is 2.03 bits per heavy atom. The normalized spacial score (nSPS) is 22.6. The van der Waals surface area contributed by atoms with Gasteiger partial charge in [-0.2, -0.15) is 0 Å². The van der Waals surface area contributed by atoms with Crippen LogP contribution in [0.5, 0.6) is 0 Å². The molecule has 2 rings (SSSR count). The summed E-state index contributed by atoms with van der Waals surface area (Å²) in [6.07, 6.45) is -6.07. The summed E-state index contributed by atoms with van der Waals surface area (Å²) in [5.74, 6) is -1.38. The predicted molar refractivity (Wildman–Crippen MR) is 123 cm³/mol. The third kappa shape index (κ3) is 8.55. The van der Waals surface area contributed by atoms with Gasteiger partial charge in [-0.3, -0.25) is 28.5 Å². The molecule has 0 aliphatic carbocycles. The Labute approximate surface area is 211 Å². The molecule has 2 N–H and O–H groups in total. The topological polar surface area (TPSA) is 182 Å². The van der Waals surface area contributed by atoms with E-state index in [1.54, 1.807) is 41.5 Å². The van der Waals surface area contributed by atoms with Crippen LogP contribution in [0.25, 0.3) is 0 Å². The fraction of sp³-hybridized carbons (Fsp3) is 0.714. The van der Waals surface area contributed by atoms with E-state index in [4.69, 9.17) is 27.8 Å². The highest BCUT2D eigenvalue weighted by molar-refractivity contribution is 7.48. The highest BCUT2D eigenvalue weighted by Gasteiger charge is 2.47. The van der Waals surface area contributed by atoms with Gasteiger partial charge in [0.15, 0.2) is 12.4 Å². The zero-order chi connectivity index (χ0) is 28.2. The quantitative estimate of drug-likeness (QED) is 0.241. The average Bonchev–Trinajstić information content (AvgIpc) is 3.05. The van der Waals surface area contributed by atoms with Crippen LogP contribution in [-0.4, -0.2) is 65.2 Å². The maximum atomic E-state index is 14.7. The van der Waals surface area contributed by atoms with E-state index >= 15 is 0 Å². The molecule has 1 aliphatic heterocycles. The number of esters is 2. The number of carbonyl (C=O) groups excluding carboxylic acids is 2. The van der Waals surface area contributed by atoms with Gasteiger partial charge in [-0.05, 0) is 41.5 Å². The number of aromatic amines is 1. The number of nitrogens with one attached hydrogen (secondary N) is 1. The summed E-state index contributed by atoms with van der Waals surface area (Å²) in [7, 11) is -4.63. The number of alkyl halides is 1. The van der Waals surface area contributed by atoms with Crippen LogP contribution in [0.15, 0.2) is 21.9 Å². The number of aliphatic hydroxyl groups is 1. The Kier molecular flexibility index (Phi) is 9.96. The summed E-state index contributed by atoms with van der Waals surface area (Å²) in [6.45, 7) is 6.94. The highest BCUT2D eigenvalue weighted by Crippen LogP contribution is 2.50. The number of halogens is 1. The lowest BCUT2D eigenvalue weighted by atomic mass is 9.98. The molecular formula is C21H32FN2O12P. The number of phosphoric acid groups is 1. The van der Waals surface area contributed by atoms with Crippen molar-refractivity contribution in [3.8, 4) is 0 Å². The molecule has 1 fully saturated rings. The van der Waals surface area contributed by atoms with E-state index in [1.165, 1.54) is 0 Å². The Hall–Kier alpha value is -2.42. The Morgan fingerprint density at radius 1 is 1.05 bits per heavy atom. The summed E-state index contributed by atoms with van der Waals surface area (Å²) in [6, 6.07) is 0.960. The second-order valence-corrected chi connectivity index (χ2v) is 11.8. The molecule has 210 valence electrons. The van der Waals surface area contributed by atoms with Gasteiger partial charge in [0, 0.05) is 12.3 Å². The van der Waals surface area contributed by atoms with Gasteiger partial charge in [0.05, 0.1) is 17.4 Å². The smallest absolute Gasteiger partial charge is 0.437 e. The van der Waals surface area contributed by atoms with Crippen molar-refractivity contribution in [3.63, 3.8) is 0 Å². The number of rotatable bonds is 10. The van der Waals surface area contributed by atoms with Gasteiger partial charge in [-0.15, -0.1) is 0 Å². The zero-order valence-corrected chi connectivity index (χ0v) is 22.2. The average molecular weight is 554 g/mol. The third-order valence-electron chi connectivity index (χ3n) is 4.84. The molecule has 37 heavy (non-hydrogen) atoms. The summed E-state index contributed by atoms with van der Waals surface area (Å²) < 4.78 is 58.7. The molecule has 14 nitrogen and oxygen atoms in total. The van der Waals surface area contributed by atoms with Gasteiger partial charge >= 0.3 is 25.5 Å². The molecule has 1 aliphatic rings. The van der Waals surface area contributed by atoms with Crippen LogP contribution in [0.2, 0.25) is 0 Å². The van der Waals surface area contributed by atoms with E-state index in [0.717, 1.165) is 16.8 Å². The number of H-pyrrole nitrogens is 1. The number of carbonyl (C=O) groups is 2. The molecule has 4 atom stereocenters. The molecule has 0 saturated carbocycles. The first kappa shape index (κ1) is 30.8. The number of nitrogens with zero attached hydrogens (tertiary/aromatic N) is 1. The van der Waals surface area contributed by atoms with E-state index in [-0.39, 0.29) is 0 Å².